The van der Waals surface area contributed by atoms with E-state index in [2.05, 4.69) is 10.4 Å². The zero-order valence-electron chi connectivity index (χ0n) is 11.2. The lowest BCUT2D eigenvalue weighted by molar-refractivity contribution is -0.122. The van der Waals surface area contributed by atoms with Crippen LogP contribution in [0.2, 0.25) is 0 Å². The number of carbonyl (C=O) groups is 1. The molecular formula is C12H22N4O. The second-order valence-corrected chi connectivity index (χ2v) is 4.68. The van der Waals surface area contributed by atoms with E-state index < -0.39 is 6.04 Å². The van der Waals surface area contributed by atoms with Crippen molar-refractivity contribution in [3.8, 4) is 0 Å². The van der Waals surface area contributed by atoms with Crippen LogP contribution >= 0.6 is 0 Å². The summed E-state index contributed by atoms with van der Waals surface area (Å²) in [6.45, 7) is 7.69. The smallest absolute Gasteiger partial charge is 0.236 e. The molecule has 0 saturated carbocycles. The van der Waals surface area contributed by atoms with Crippen molar-refractivity contribution in [2.24, 2.45) is 12.8 Å². The molecule has 0 aliphatic heterocycles. The number of rotatable bonds is 4. The fourth-order valence-electron chi connectivity index (χ4n) is 1.84. The average Bonchev–Trinajstić information content (AvgIpc) is 2.45. The molecule has 96 valence electrons. The number of hydrogen-bond acceptors (Lipinski definition) is 3. The summed E-state index contributed by atoms with van der Waals surface area (Å²) in [5, 5.41) is 7.25. The minimum absolute atomic E-state index is 0.0649. The molecule has 0 radical (unpaired) electrons. The van der Waals surface area contributed by atoms with Gasteiger partial charge in [-0.15, -0.1) is 0 Å². The maximum absolute atomic E-state index is 11.5. The van der Waals surface area contributed by atoms with Crippen LogP contribution < -0.4 is 11.1 Å². The summed E-state index contributed by atoms with van der Waals surface area (Å²) in [5.74, 6) is -0.114. The molecule has 0 fully saturated rings. The van der Waals surface area contributed by atoms with Gasteiger partial charge in [-0.25, -0.2) is 0 Å². The average molecular weight is 238 g/mol. The van der Waals surface area contributed by atoms with E-state index in [-0.39, 0.29) is 11.9 Å². The van der Waals surface area contributed by atoms with Gasteiger partial charge in [0.15, 0.2) is 0 Å². The van der Waals surface area contributed by atoms with Gasteiger partial charge < -0.3 is 11.1 Å². The number of aryl methyl sites for hydroxylation is 2. The molecule has 1 aromatic heterocycles. The molecule has 1 heterocycles. The first-order valence-electron chi connectivity index (χ1n) is 5.88. The Hall–Kier alpha value is -1.36. The quantitative estimate of drug-likeness (QED) is 0.799. The Morgan fingerprint density at radius 1 is 1.47 bits per heavy atom. The maximum Gasteiger partial charge on any atom is 0.236 e. The lowest BCUT2D eigenvalue weighted by Gasteiger charge is -2.15. The van der Waals surface area contributed by atoms with Gasteiger partial charge in [-0.05, 0) is 39.7 Å². The summed E-state index contributed by atoms with van der Waals surface area (Å²) in [5.41, 5.74) is 8.88. The number of aromatic nitrogens is 2. The predicted octanol–water partition coefficient (Wildman–Crippen LogP) is 0.431. The van der Waals surface area contributed by atoms with Crippen LogP contribution in [-0.2, 0) is 18.3 Å². The monoisotopic (exact) mass is 238 g/mol. The molecule has 1 unspecified atom stereocenters. The van der Waals surface area contributed by atoms with Gasteiger partial charge in [0.1, 0.15) is 0 Å². The first-order chi connectivity index (χ1) is 7.82. The molecule has 0 aliphatic rings. The van der Waals surface area contributed by atoms with E-state index in [9.17, 15) is 4.79 Å². The van der Waals surface area contributed by atoms with Crippen molar-refractivity contribution in [3.63, 3.8) is 0 Å². The largest absolute Gasteiger partial charge is 0.352 e. The highest BCUT2D eigenvalue weighted by atomic mass is 16.2. The first-order valence-corrected chi connectivity index (χ1v) is 5.88. The Labute approximate surface area is 102 Å². The Balaban J connectivity index is 2.68. The summed E-state index contributed by atoms with van der Waals surface area (Å²) >= 11 is 0. The third kappa shape index (κ3) is 3.30. The van der Waals surface area contributed by atoms with E-state index in [4.69, 9.17) is 5.73 Å². The van der Waals surface area contributed by atoms with Crippen molar-refractivity contribution in [3.05, 3.63) is 17.0 Å². The minimum Gasteiger partial charge on any atom is -0.352 e. The fourth-order valence-corrected chi connectivity index (χ4v) is 1.84. The number of hydrogen-bond donors (Lipinski definition) is 2. The zero-order valence-corrected chi connectivity index (χ0v) is 11.2. The molecule has 5 nitrogen and oxygen atoms in total. The van der Waals surface area contributed by atoms with Crippen LogP contribution in [-0.4, -0.2) is 27.8 Å². The van der Waals surface area contributed by atoms with E-state index in [0.29, 0.717) is 0 Å². The van der Waals surface area contributed by atoms with Crippen LogP contribution in [0.5, 0.6) is 0 Å². The highest BCUT2D eigenvalue weighted by Gasteiger charge is 2.15. The Morgan fingerprint density at radius 2 is 2.06 bits per heavy atom. The lowest BCUT2D eigenvalue weighted by Crippen LogP contribution is -2.43. The summed E-state index contributed by atoms with van der Waals surface area (Å²) in [7, 11) is 1.93. The van der Waals surface area contributed by atoms with Crippen molar-refractivity contribution in [1.82, 2.24) is 15.1 Å². The Morgan fingerprint density at radius 3 is 2.47 bits per heavy atom. The van der Waals surface area contributed by atoms with E-state index in [1.165, 1.54) is 5.56 Å². The standard InChI is InChI=1S/C12H22N4O/c1-7(14-12(17)8(2)13)6-11-9(3)15-16(5)10(11)4/h7-8H,6,13H2,1-5H3,(H,14,17)/t7?,8-/m1/s1. The fraction of sp³-hybridized carbons (Fsp3) is 0.667. The summed E-state index contributed by atoms with van der Waals surface area (Å²) in [6, 6.07) is -0.399. The molecule has 0 saturated heterocycles. The third-order valence-corrected chi connectivity index (χ3v) is 2.97. The van der Waals surface area contributed by atoms with Crippen molar-refractivity contribution < 1.29 is 4.79 Å². The van der Waals surface area contributed by atoms with Crippen LogP contribution in [0.25, 0.3) is 0 Å². The molecule has 0 aromatic carbocycles. The Bertz CT molecular complexity index is 409. The molecule has 1 amide bonds. The molecular weight excluding hydrogens is 216 g/mol. The minimum atomic E-state index is -0.464. The lowest BCUT2D eigenvalue weighted by atomic mass is 10.1. The topological polar surface area (TPSA) is 72.9 Å². The Kier molecular flexibility index (Phi) is 4.28. The van der Waals surface area contributed by atoms with Gasteiger partial charge in [-0.2, -0.15) is 5.10 Å². The van der Waals surface area contributed by atoms with Crippen LogP contribution in [0, 0.1) is 13.8 Å². The second-order valence-electron chi connectivity index (χ2n) is 4.68. The van der Waals surface area contributed by atoms with E-state index >= 15 is 0 Å². The van der Waals surface area contributed by atoms with E-state index in [0.717, 1.165) is 17.8 Å². The van der Waals surface area contributed by atoms with Crippen LogP contribution in [0.1, 0.15) is 30.8 Å². The highest BCUT2D eigenvalue weighted by molar-refractivity contribution is 5.81. The molecule has 0 bridgehead atoms. The van der Waals surface area contributed by atoms with Gasteiger partial charge in [-0.1, -0.05) is 0 Å². The molecule has 2 atom stereocenters. The van der Waals surface area contributed by atoms with Crippen LogP contribution in [0.3, 0.4) is 0 Å². The van der Waals surface area contributed by atoms with Crippen molar-refractivity contribution in [2.75, 3.05) is 0 Å². The number of carbonyl (C=O) groups excluding carboxylic acids is 1. The van der Waals surface area contributed by atoms with E-state index in [1.54, 1.807) is 6.92 Å². The van der Waals surface area contributed by atoms with Crippen molar-refractivity contribution >= 4 is 5.91 Å². The summed E-state index contributed by atoms with van der Waals surface area (Å²) in [4.78, 5) is 11.5. The summed E-state index contributed by atoms with van der Waals surface area (Å²) < 4.78 is 1.87. The molecule has 0 spiro atoms. The first kappa shape index (κ1) is 13.7. The third-order valence-electron chi connectivity index (χ3n) is 2.97. The SMILES string of the molecule is Cc1nn(C)c(C)c1CC(C)NC(=O)[C@@H](C)N. The number of nitrogens with one attached hydrogen (secondary N) is 1. The van der Waals surface area contributed by atoms with Crippen LogP contribution in [0.4, 0.5) is 0 Å². The second kappa shape index (κ2) is 5.31. The number of amides is 1. The van der Waals surface area contributed by atoms with Gasteiger partial charge in [0.25, 0.3) is 0 Å². The predicted molar refractivity (Wildman–Crippen MR) is 67.6 cm³/mol. The summed E-state index contributed by atoms with van der Waals surface area (Å²) in [6.07, 6.45) is 0.782. The van der Waals surface area contributed by atoms with Gasteiger partial charge in [0, 0.05) is 18.8 Å². The molecule has 0 aliphatic carbocycles. The van der Waals surface area contributed by atoms with E-state index in [1.807, 2.05) is 32.5 Å². The van der Waals surface area contributed by atoms with Crippen molar-refractivity contribution in [1.29, 1.82) is 0 Å². The zero-order chi connectivity index (χ0) is 13.2. The molecule has 1 rings (SSSR count). The molecule has 5 heteroatoms. The van der Waals surface area contributed by atoms with Gasteiger partial charge >= 0.3 is 0 Å². The van der Waals surface area contributed by atoms with Gasteiger partial charge in [0.05, 0.1) is 11.7 Å². The highest BCUT2D eigenvalue weighted by Crippen LogP contribution is 2.14. The van der Waals surface area contributed by atoms with Gasteiger partial charge in [-0.3, -0.25) is 9.48 Å². The van der Waals surface area contributed by atoms with Gasteiger partial charge in [0.2, 0.25) is 5.91 Å². The number of nitrogens with two attached hydrogens (primary N) is 1. The maximum atomic E-state index is 11.5. The molecule has 3 N–H and O–H groups in total. The normalized spacial score (nSPS) is 14.5. The number of nitrogens with zero attached hydrogens (tertiary/aromatic N) is 2. The molecule has 17 heavy (non-hydrogen) atoms. The van der Waals surface area contributed by atoms with Crippen molar-refractivity contribution in [2.45, 2.75) is 46.2 Å². The molecule has 1 aromatic rings. The van der Waals surface area contributed by atoms with Crippen LogP contribution in [0.15, 0.2) is 0 Å².